The first-order chi connectivity index (χ1) is 6.66. The van der Waals surface area contributed by atoms with Gasteiger partial charge in [0.05, 0.1) is 5.69 Å². The minimum absolute atomic E-state index is 0.777. The van der Waals surface area contributed by atoms with Crippen LogP contribution < -0.4 is 5.32 Å². The molecule has 0 aliphatic carbocycles. The van der Waals surface area contributed by atoms with Crippen molar-refractivity contribution < 1.29 is 0 Å². The molecule has 0 aliphatic rings. The van der Waals surface area contributed by atoms with Gasteiger partial charge in [0.2, 0.25) is 0 Å². The van der Waals surface area contributed by atoms with E-state index in [4.69, 9.17) is 11.6 Å². The SMILES string of the molecule is CCNCCCc1c(C)nn(C)c1Cl. The van der Waals surface area contributed by atoms with Gasteiger partial charge in [0.25, 0.3) is 0 Å². The number of aromatic nitrogens is 2. The van der Waals surface area contributed by atoms with E-state index in [1.165, 1.54) is 5.56 Å². The van der Waals surface area contributed by atoms with E-state index < -0.39 is 0 Å². The minimum atomic E-state index is 0.777. The molecule has 0 radical (unpaired) electrons. The van der Waals surface area contributed by atoms with Crippen LogP contribution >= 0.6 is 11.6 Å². The molecular formula is C10H18ClN3. The molecule has 1 aromatic heterocycles. The lowest BCUT2D eigenvalue weighted by molar-refractivity contribution is 0.671. The Morgan fingerprint density at radius 3 is 2.71 bits per heavy atom. The maximum atomic E-state index is 6.11. The van der Waals surface area contributed by atoms with Crippen molar-refractivity contribution in [1.82, 2.24) is 15.1 Å². The molecule has 0 spiro atoms. The predicted molar refractivity (Wildman–Crippen MR) is 59.8 cm³/mol. The quantitative estimate of drug-likeness (QED) is 0.761. The van der Waals surface area contributed by atoms with E-state index in [0.29, 0.717) is 0 Å². The molecule has 0 bridgehead atoms. The molecule has 1 heterocycles. The molecule has 80 valence electrons. The first-order valence-corrected chi connectivity index (χ1v) is 5.43. The van der Waals surface area contributed by atoms with Crippen molar-refractivity contribution in [3.63, 3.8) is 0 Å². The number of nitrogens with zero attached hydrogens (tertiary/aromatic N) is 2. The second-order valence-electron chi connectivity index (χ2n) is 3.44. The number of hydrogen-bond donors (Lipinski definition) is 1. The van der Waals surface area contributed by atoms with Gasteiger partial charge in [-0.1, -0.05) is 18.5 Å². The van der Waals surface area contributed by atoms with Crippen LogP contribution in [-0.2, 0) is 13.5 Å². The molecule has 0 aromatic carbocycles. The average Bonchev–Trinajstić information content (AvgIpc) is 2.38. The van der Waals surface area contributed by atoms with Crippen molar-refractivity contribution in [2.75, 3.05) is 13.1 Å². The van der Waals surface area contributed by atoms with E-state index in [0.717, 1.165) is 36.8 Å². The number of hydrogen-bond acceptors (Lipinski definition) is 2. The summed E-state index contributed by atoms with van der Waals surface area (Å²) in [5.74, 6) is 0. The normalized spacial score (nSPS) is 10.9. The first-order valence-electron chi connectivity index (χ1n) is 5.05. The number of halogens is 1. The molecule has 0 unspecified atom stereocenters. The third-order valence-corrected chi connectivity index (χ3v) is 2.77. The van der Waals surface area contributed by atoms with Crippen LogP contribution in [0.2, 0.25) is 5.15 Å². The van der Waals surface area contributed by atoms with Gasteiger partial charge < -0.3 is 5.32 Å². The van der Waals surface area contributed by atoms with Crippen molar-refractivity contribution in [2.45, 2.75) is 26.7 Å². The van der Waals surface area contributed by atoms with Crippen LogP contribution in [0.4, 0.5) is 0 Å². The summed E-state index contributed by atoms with van der Waals surface area (Å²) in [7, 11) is 1.88. The van der Waals surface area contributed by atoms with E-state index in [1.54, 1.807) is 4.68 Å². The lowest BCUT2D eigenvalue weighted by Gasteiger charge is -2.01. The Labute approximate surface area is 90.4 Å². The fraction of sp³-hybridized carbons (Fsp3) is 0.700. The summed E-state index contributed by atoms with van der Waals surface area (Å²) in [6, 6.07) is 0. The Hall–Kier alpha value is -0.540. The zero-order chi connectivity index (χ0) is 10.6. The summed E-state index contributed by atoms with van der Waals surface area (Å²) in [6.07, 6.45) is 2.12. The van der Waals surface area contributed by atoms with Crippen LogP contribution in [0, 0.1) is 6.92 Å². The Morgan fingerprint density at radius 2 is 2.21 bits per heavy atom. The molecule has 0 saturated heterocycles. The largest absolute Gasteiger partial charge is 0.317 e. The lowest BCUT2D eigenvalue weighted by atomic mass is 10.1. The molecule has 4 heteroatoms. The minimum Gasteiger partial charge on any atom is -0.317 e. The average molecular weight is 216 g/mol. The highest BCUT2D eigenvalue weighted by Gasteiger charge is 2.09. The maximum Gasteiger partial charge on any atom is 0.130 e. The molecule has 3 nitrogen and oxygen atoms in total. The van der Waals surface area contributed by atoms with Crippen molar-refractivity contribution in [2.24, 2.45) is 7.05 Å². The van der Waals surface area contributed by atoms with Crippen LogP contribution in [0.1, 0.15) is 24.6 Å². The fourth-order valence-corrected chi connectivity index (χ4v) is 1.79. The van der Waals surface area contributed by atoms with Gasteiger partial charge in [0.1, 0.15) is 5.15 Å². The zero-order valence-electron chi connectivity index (χ0n) is 9.10. The third kappa shape index (κ3) is 2.72. The van der Waals surface area contributed by atoms with Gasteiger partial charge in [0.15, 0.2) is 0 Å². The van der Waals surface area contributed by atoms with Crippen LogP contribution in [0.5, 0.6) is 0 Å². The molecule has 0 saturated carbocycles. The summed E-state index contributed by atoms with van der Waals surface area (Å²) >= 11 is 6.11. The topological polar surface area (TPSA) is 29.9 Å². The molecule has 0 amide bonds. The molecule has 14 heavy (non-hydrogen) atoms. The molecular weight excluding hydrogens is 198 g/mol. The monoisotopic (exact) mass is 215 g/mol. The van der Waals surface area contributed by atoms with Crippen LogP contribution in [0.3, 0.4) is 0 Å². The number of rotatable bonds is 5. The molecule has 1 N–H and O–H groups in total. The Kier molecular flexibility index (Phi) is 4.42. The van der Waals surface area contributed by atoms with Gasteiger partial charge in [-0.3, -0.25) is 4.68 Å². The van der Waals surface area contributed by atoms with Crippen molar-refractivity contribution in [1.29, 1.82) is 0 Å². The van der Waals surface area contributed by atoms with Gasteiger partial charge in [-0.2, -0.15) is 5.10 Å². The molecule has 0 atom stereocenters. The maximum absolute atomic E-state index is 6.11. The Balaban J connectivity index is 2.49. The lowest BCUT2D eigenvalue weighted by Crippen LogP contribution is -2.14. The molecule has 0 aliphatic heterocycles. The third-order valence-electron chi connectivity index (χ3n) is 2.30. The van der Waals surface area contributed by atoms with Gasteiger partial charge in [0, 0.05) is 12.6 Å². The summed E-state index contributed by atoms with van der Waals surface area (Å²) in [4.78, 5) is 0. The van der Waals surface area contributed by atoms with E-state index in [1.807, 2.05) is 14.0 Å². The van der Waals surface area contributed by atoms with Crippen LogP contribution in [0.15, 0.2) is 0 Å². The number of aryl methyl sites for hydroxylation is 2. The second kappa shape index (κ2) is 5.37. The van der Waals surface area contributed by atoms with E-state index in [9.17, 15) is 0 Å². The van der Waals surface area contributed by atoms with Gasteiger partial charge in [-0.15, -0.1) is 0 Å². The van der Waals surface area contributed by atoms with Gasteiger partial charge in [-0.25, -0.2) is 0 Å². The van der Waals surface area contributed by atoms with Crippen LogP contribution in [0.25, 0.3) is 0 Å². The zero-order valence-corrected chi connectivity index (χ0v) is 9.86. The Morgan fingerprint density at radius 1 is 1.50 bits per heavy atom. The van der Waals surface area contributed by atoms with E-state index in [2.05, 4.69) is 17.3 Å². The smallest absolute Gasteiger partial charge is 0.130 e. The van der Waals surface area contributed by atoms with Gasteiger partial charge >= 0.3 is 0 Å². The molecule has 1 rings (SSSR count). The summed E-state index contributed by atoms with van der Waals surface area (Å²) in [5.41, 5.74) is 2.24. The van der Waals surface area contributed by atoms with E-state index >= 15 is 0 Å². The van der Waals surface area contributed by atoms with Crippen LogP contribution in [-0.4, -0.2) is 22.9 Å². The molecule has 0 fully saturated rings. The predicted octanol–water partition coefficient (Wildman–Crippen LogP) is 1.92. The van der Waals surface area contributed by atoms with Crippen molar-refractivity contribution >= 4 is 11.6 Å². The summed E-state index contributed by atoms with van der Waals surface area (Å²) in [6.45, 7) is 6.19. The highest BCUT2D eigenvalue weighted by Crippen LogP contribution is 2.19. The van der Waals surface area contributed by atoms with Gasteiger partial charge in [-0.05, 0) is 32.9 Å². The Bertz CT molecular complexity index is 294. The number of nitrogens with one attached hydrogen (secondary N) is 1. The second-order valence-corrected chi connectivity index (χ2v) is 3.79. The molecule has 1 aromatic rings. The summed E-state index contributed by atoms with van der Waals surface area (Å²) < 4.78 is 1.74. The highest BCUT2D eigenvalue weighted by atomic mass is 35.5. The highest BCUT2D eigenvalue weighted by molar-refractivity contribution is 6.30. The van der Waals surface area contributed by atoms with Crippen molar-refractivity contribution in [3.05, 3.63) is 16.4 Å². The summed E-state index contributed by atoms with van der Waals surface area (Å²) in [5, 5.41) is 8.34. The fourth-order valence-electron chi connectivity index (χ4n) is 1.52. The van der Waals surface area contributed by atoms with Crippen molar-refractivity contribution in [3.8, 4) is 0 Å². The van der Waals surface area contributed by atoms with E-state index in [-0.39, 0.29) is 0 Å². The standard InChI is InChI=1S/C10H18ClN3/c1-4-12-7-5-6-9-8(2)13-14(3)10(9)11/h12H,4-7H2,1-3H3. The first kappa shape index (κ1) is 11.5.